The van der Waals surface area contributed by atoms with Crippen LogP contribution in [0.4, 0.5) is 0 Å². The SMILES string of the molecule is C[C@@H]1CN(C(=O)c2cc(-c3cccs3)nc3onc(-c4ccccc4)c23)C[C@@H](C)O1. The summed E-state index contributed by atoms with van der Waals surface area (Å²) in [4.78, 5) is 21.2. The van der Waals surface area contributed by atoms with Crippen molar-refractivity contribution in [3.05, 3.63) is 59.5 Å². The van der Waals surface area contributed by atoms with E-state index < -0.39 is 0 Å². The zero-order valence-corrected chi connectivity index (χ0v) is 17.6. The molecule has 0 saturated carbocycles. The molecular formula is C23H21N3O3S. The molecule has 0 N–H and O–H groups in total. The molecule has 1 amide bonds. The molecule has 6 nitrogen and oxygen atoms in total. The largest absolute Gasteiger partial charge is 0.372 e. The number of pyridine rings is 1. The summed E-state index contributed by atoms with van der Waals surface area (Å²) in [5.74, 6) is -0.0532. The lowest BCUT2D eigenvalue weighted by molar-refractivity contribution is -0.0585. The molecule has 7 heteroatoms. The highest BCUT2D eigenvalue weighted by molar-refractivity contribution is 7.13. The van der Waals surface area contributed by atoms with Gasteiger partial charge in [-0.05, 0) is 31.4 Å². The first kappa shape index (κ1) is 19.0. The van der Waals surface area contributed by atoms with Gasteiger partial charge in [0.25, 0.3) is 11.6 Å². The van der Waals surface area contributed by atoms with Gasteiger partial charge in [-0.1, -0.05) is 41.6 Å². The molecule has 1 aliphatic heterocycles. The monoisotopic (exact) mass is 419 g/mol. The standard InChI is InChI=1S/C23H21N3O3S/c1-14-12-26(13-15(2)28-14)23(27)17-11-18(19-9-6-10-30-19)24-22-20(17)21(25-29-22)16-7-4-3-5-8-16/h3-11,14-15H,12-13H2,1-2H3/t14-,15-/m1/s1. The van der Waals surface area contributed by atoms with Gasteiger partial charge in [0.15, 0.2) is 0 Å². The van der Waals surface area contributed by atoms with Crippen LogP contribution in [0.5, 0.6) is 0 Å². The van der Waals surface area contributed by atoms with E-state index in [-0.39, 0.29) is 18.1 Å². The Balaban J connectivity index is 1.69. The molecule has 4 heterocycles. The van der Waals surface area contributed by atoms with E-state index in [9.17, 15) is 4.79 Å². The number of thiophene rings is 1. The molecule has 1 aromatic carbocycles. The third-order valence-electron chi connectivity index (χ3n) is 5.20. The van der Waals surface area contributed by atoms with Crippen LogP contribution in [0.2, 0.25) is 0 Å². The molecule has 152 valence electrons. The highest BCUT2D eigenvalue weighted by atomic mass is 32.1. The van der Waals surface area contributed by atoms with Crippen molar-refractivity contribution in [1.29, 1.82) is 0 Å². The number of rotatable bonds is 3. The molecule has 2 atom stereocenters. The summed E-state index contributed by atoms with van der Waals surface area (Å²) in [6.07, 6.45) is -0.0225. The average molecular weight is 420 g/mol. The van der Waals surface area contributed by atoms with E-state index in [1.807, 2.05) is 72.7 Å². The third-order valence-corrected chi connectivity index (χ3v) is 6.10. The Hall–Kier alpha value is -3.03. The van der Waals surface area contributed by atoms with Crippen molar-refractivity contribution in [2.24, 2.45) is 0 Å². The molecule has 4 aromatic rings. The number of nitrogens with zero attached hydrogens (tertiary/aromatic N) is 3. The van der Waals surface area contributed by atoms with Gasteiger partial charge in [0.1, 0.15) is 5.69 Å². The minimum absolute atomic E-state index is 0.0112. The second-order valence-corrected chi connectivity index (χ2v) is 8.52. The van der Waals surface area contributed by atoms with Gasteiger partial charge in [-0.3, -0.25) is 4.79 Å². The van der Waals surface area contributed by atoms with Crippen LogP contribution in [0.3, 0.4) is 0 Å². The number of hydrogen-bond donors (Lipinski definition) is 0. The summed E-state index contributed by atoms with van der Waals surface area (Å²) in [6, 6.07) is 15.6. The van der Waals surface area contributed by atoms with Crippen LogP contribution in [0.25, 0.3) is 32.9 Å². The van der Waals surface area contributed by atoms with Crippen molar-refractivity contribution in [3.8, 4) is 21.8 Å². The Morgan fingerprint density at radius 3 is 2.57 bits per heavy atom. The van der Waals surface area contributed by atoms with E-state index in [2.05, 4.69) is 10.1 Å². The van der Waals surface area contributed by atoms with Crippen molar-refractivity contribution >= 4 is 28.3 Å². The first-order valence-corrected chi connectivity index (χ1v) is 10.8. The quantitative estimate of drug-likeness (QED) is 0.474. The molecule has 0 radical (unpaired) electrons. The first-order valence-electron chi connectivity index (χ1n) is 9.94. The molecule has 0 bridgehead atoms. The molecule has 1 fully saturated rings. The minimum atomic E-state index is -0.0532. The fourth-order valence-corrected chi connectivity index (χ4v) is 4.66. The number of carbonyl (C=O) groups excluding carboxylic acids is 1. The summed E-state index contributed by atoms with van der Waals surface area (Å²) in [5.41, 5.74) is 3.17. The van der Waals surface area contributed by atoms with Crippen molar-refractivity contribution < 1.29 is 14.1 Å². The summed E-state index contributed by atoms with van der Waals surface area (Å²) < 4.78 is 11.4. The van der Waals surface area contributed by atoms with E-state index in [1.165, 1.54) is 0 Å². The highest BCUT2D eigenvalue weighted by Crippen LogP contribution is 2.34. The molecule has 1 saturated heterocycles. The van der Waals surface area contributed by atoms with Gasteiger partial charge in [-0.2, -0.15) is 0 Å². The first-order chi connectivity index (χ1) is 14.6. The van der Waals surface area contributed by atoms with Crippen molar-refractivity contribution in [1.82, 2.24) is 15.0 Å². The smallest absolute Gasteiger partial charge is 0.259 e. The molecular weight excluding hydrogens is 398 g/mol. The maximum absolute atomic E-state index is 13.7. The number of amides is 1. The maximum Gasteiger partial charge on any atom is 0.259 e. The summed E-state index contributed by atoms with van der Waals surface area (Å²) in [6.45, 7) is 5.08. The Labute approximate surface area is 178 Å². The number of morpholine rings is 1. The summed E-state index contributed by atoms with van der Waals surface area (Å²) in [7, 11) is 0. The Morgan fingerprint density at radius 2 is 1.87 bits per heavy atom. The van der Waals surface area contributed by atoms with Crippen molar-refractivity contribution in [2.75, 3.05) is 13.1 Å². The highest BCUT2D eigenvalue weighted by Gasteiger charge is 2.30. The molecule has 30 heavy (non-hydrogen) atoms. The van der Waals surface area contributed by atoms with E-state index in [0.717, 1.165) is 10.4 Å². The number of carbonyl (C=O) groups is 1. The van der Waals surface area contributed by atoms with E-state index in [0.29, 0.717) is 41.1 Å². The molecule has 0 unspecified atom stereocenters. The molecule has 0 spiro atoms. The summed E-state index contributed by atoms with van der Waals surface area (Å²) in [5, 5.41) is 6.92. The number of aromatic nitrogens is 2. The number of benzene rings is 1. The van der Waals surface area contributed by atoms with Crippen LogP contribution >= 0.6 is 11.3 Å². The van der Waals surface area contributed by atoms with Crippen LogP contribution in [0, 0.1) is 0 Å². The lowest BCUT2D eigenvalue weighted by Gasteiger charge is -2.35. The van der Waals surface area contributed by atoms with Gasteiger partial charge in [-0.25, -0.2) is 4.98 Å². The molecule has 3 aromatic heterocycles. The second kappa shape index (κ2) is 7.66. The zero-order chi connectivity index (χ0) is 20.7. The number of ether oxygens (including phenoxy) is 1. The maximum atomic E-state index is 13.7. The Morgan fingerprint density at radius 1 is 1.10 bits per heavy atom. The molecule has 0 aliphatic carbocycles. The lowest BCUT2D eigenvalue weighted by atomic mass is 10.0. The zero-order valence-electron chi connectivity index (χ0n) is 16.7. The molecule has 1 aliphatic rings. The lowest BCUT2D eigenvalue weighted by Crippen LogP contribution is -2.48. The van der Waals surface area contributed by atoms with E-state index >= 15 is 0 Å². The van der Waals surface area contributed by atoms with Gasteiger partial charge in [-0.15, -0.1) is 11.3 Å². The van der Waals surface area contributed by atoms with Gasteiger partial charge >= 0.3 is 0 Å². The Kier molecular flexibility index (Phi) is 4.84. The topological polar surface area (TPSA) is 68.5 Å². The molecule has 5 rings (SSSR count). The fourth-order valence-electron chi connectivity index (χ4n) is 3.98. The van der Waals surface area contributed by atoms with Gasteiger partial charge in [0.2, 0.25) is 0 Å². The van der Waals surface area contributed by atoms with Crippen LogP contribution in [0.15, 0.2) is 58.4 Å². The normalized spacial score (nSPS) is 19.3. The van der Waals surface area contributed by atoms with Gasteiger partial charge in [0, 0.05) is 18.7 Å². The number of fused-ring (bicyclic) bond motifs is 1. The Bertz CT molecular complexity index is 1180. The fraction of sp³-hybridized carbons (Fsp3) is 0.261. The van der Waals surface area contributed by atoms with Crippen molar-refractivity contribution in [3.63, 3.8) is 0 Å². The predicted molar refractivity (Wildman–Crippen MR) is 116 cm³/mol. The predicted octanol–water partition coefficient (Wildman–Crippen LogP) is 4.87. The third kappa shape index (κ3) is 3.40. The van der Waals surface area contributed by atoms with Gasteiger partial charge in [0.05, 0.1) is 33.7 Å². The van der Waals surface area contributed by atoms with Crippen LogP contribution in [0.1, 0.15) is 24.2 Å². The number of hydrogen-bond acceptors (Lipinski definition) is 6. The second-order valence-electron chi connectivity index (χ2n) is 7.58. The minimum Gasteiger partial charge on any atom is -0.372 e. The van der Waals surface area contributed by atoms with E-state index in [1.54, 1.807) is 11.3 Å². The summed E-state index contributed by atoms with van der Waals surface area (Å²) >= 11 is 1.58. The average Bonchev–Trinajstić information content (AvgIpc) is 3.42. The van der Waals surface area contributed by atoms with Crippen LogP contribution < -0.4 is 0 Å². The van der Waals surface area contributed by atoms with Gasteiger partial charge < -0.3 is 14.2 Å². The van der Waals surface area contributed by atoms with Crippen LogP contribution in [-0.2, 0) is 4.74 Å². The van der Waals surface area contributed by atoms with E-state index in [4.69, 9.17) is 9.26 Å². The van der Waals surface area contributed by atoms with Crippen molar-refractivity contribution in [2.45, 2.75) is 26.1 Å². The van der Waals surface area contributed by atoms with Crippen LogP contribution in [-0.4, -0.2) is 46.2 Å².